The van der Waals surface area contributed by atoms with Crippen LogP contribution in [0.2, 0.25) is 0 Å². The van der Waals surface area contributed by atoms with Gasteiger partial charge in [-0.1, -0.05) is 24.3 Å². The Kier molecular flexibility index (Phi) is 5.41. The number of nitrogens with zero attached hydrogens (tertiary/aromatic N) is 5. The molecule has 4 rings (SSSR count). The summed E-state index contributed by atoms with van der Waals surface area (Å²) in [5.74, 6) is 2.36. The van der Waals surface area contributed by atoms with Gasteiger partial charge in [0.2, 0.25) is 0 Å². The third kappa shape index (κ3) is 4.15. The average Bonchev–Trinajstić information content (AvgIpc) is 3.09. The first-order chi connectivity index (χ1) is 13.3. The Balaban J connectivity index is 1.59. The maximum atomic E-state index is 5.81. The molecule has 1 unspecified atom stereocenters. The van der Waals surface area contributed by atoms with E-state index >= 15 is 0 Å². The van der Waals surface area contributed by atoms with Crippen molar-refractivity contribution >= 4 is 0 Å². The molecule has 3 aromatic rings. The quantitative estimate of drug-likeness (QED) is 0.667. The molecule has 0 spiro atoms. The summed E-state index contributed by atoms with van der Waals surface area (Å²) in [5, 5.41) is 4.57. The van der Waals surface area contributed by atoms with Crippen LogP contribution < -0.4 is 4.74 Å². The Morgan fingerprint density at radius 2 is 1.93 bits per heavy atom. The van der Waals surface area contributed by atoms with Crippen molar-refractivity contribution in [2.45, 2.75) is 12.6 Å². The topological polar surface area (TPSA) is 65.3 Å². The van der Waals surface area contributed by atoms with Gasteiger partial charge in [0.25, 0.3) is 0 Å². The number of pyridine rings is 1. The molecule has 1 aliphatic rings. The van der Waals surface area contributed by atoms with Gasteiger partial charge in [-0.2, -0.15) is 5.10 Å². The fourth-order valence-corrected chi connectivity index (χ4v) is 3.31. The zero-order chi connectivity index (χ0) is 18.5. The van der Waals surface area contributed by atoms with Gasteiger partial charge in [-0.25, -0.2) is 4.98 Å². The molecule has 140 valence electrons. The van der Waals surface area contributed by atoms with Gasteiger partial charge in [0.15, 0.2) is 5.82 Å². The summed E-state index contributed by atoms with van der Waals surface area (Å²) in [6.07, 6.45) is 3.69. The highest BCUT2D eigenvalue weighted by Crippen LogP contribution is 2.27. The summed E-state index contributed by atoms with van der Waals surface area (Å²) in [7, 11) is 1.93. The van der Waals surface area contributed by atoms with Crippen LogP contribution in [0.3, 0.4) is 0 Å². The number of para-hydroxylation sites is 1. The van der Waals surface area contributed by atoms with Crippen molar-refractivity contribution in [3.05, 3.63) is 72.1 Å². The van der Waals surface area contributed by atoms with Crippen LogP contribution in [0.15, 0.2) is 54.9 Å². The molecule has 1 aliphatic heterocycles. The number of hydrogen-bond acceptors (Lipinski definition) is 6. The van der Waals surface area contributed by atoms with E-state index in [9.17, 15) is 0 Å². The lowest BCUT2D eigenvalue weighted by Gasteiger charge is -2.33. The first-order valence-electron chi connectivity index (χ1n) is 9.10. The Hall–Kier alpha value is -2.77. The number of aryl methyl sites for hydroxylation is 1. The van der Waals surface area contributed by atoms with Crippen molar-refractivity contribution in [3.63, 3.8) is 0 Å². The minimum atomic E-state index is -0.00873. The van der Waals surface area contributed by atoms with Crippen molar-refractivity contribution < 1.29 is 9.47 Å². The molecule has 0 aliphatic carbocycles. The van der Waals surface area contributed by atoms with Crippen molar-refractivity contribution in [2.75, 3.05) is 26.3 Å². The number of hydrogen-bond donors (Lipinski definition) is 0. The molecule has 0 amide bonds. The molecule has 7 nitrogen and oxygen atoms in total. The van der Waals surface area contributed by atoms with Crippen LogP contribution >= 0.6 is 0 Å². The van der Waals surface area contributed by atoms with E-state index in [1.165, 1.54) is 0 Å². The van der Waals surface area contributed by atoms with Crippen LogP contribution in [0.1, 0.15) is 23.3 Å². The molecule has 2 aromatic heterocycles. The van der Waals surface area contributed by atoms with Crippen LogP contribution in [-0.2, 0) is 18.4 Å². The lowest BCUT2D eigenvalue weighted by atomic mass is 10.1. The van der Waals surface area contributed by atoms with Gasteiger partial charge in [-0.05, 0) is 23.8 Å². The predicted octanol–water partition coefficient (Wildman–Crippen LogP) is 2.21. The van der Waals surface area contributed by atoms with E-state index in [1.807, 2.05) is 54.3 Å². The van der Waals surface area contributed by atoms with E-state index in [2.05, 4.69) is 21.0 Å². The highest BCUT2D eigenvalue weighted by molar-refractivity contribution is 5.23. The third-order valence-electron chi connectivity index (χ3n) is 4.61. The highest BCUT2D eigenvalue weighted by Gasteiger charge is 2.28. The molecule has 7 heteroatoms. The van der Waals surface area contributed by atoms with Crippen LogP contribution in [0, 0.1) is 0 Å². The first-order valence-corrected chi connectivity index (χ1v) is 9.10. The van der Waals surface area contributed by atoms with Crippen molar-refractivity contribution in [2.24, 2.45) is 7.05 Å². The number of rotatable bonds is 6. The minimum Gasteiger partial charge on any atom is -0.486 e. The largest absolute Gasteiger partial charge is 0.486 e. The molecule has 1 aromatic carbocycles. The fourth-order valence-electron chi connectivity index (χ4n) is 3.31. The molecule has 1 atom stereocenters. The van der Waals surface area contributed by atoms with Gasteiger partial charge in [0.1, 0.15) is 18.2 Å². The molecule has 1 fully saturated rings. The van der Waals surface area contributed by atoms with Gasteiger partial charge < -0.3 is 9.47 Å². The second-order valence-corrected chi connectivity index (χ2v) is 6.45. The van der Waals surface area contributed by atoms with E-state index in [0.717, 1.165) is 43.4 Å². The lowest BCUT2D eigenvalue weighted by molar-refractivity contribution is 0.0217. The van der Waals surface area contributed by atoms with Gasteiger partial charge in [-0.15, -0.1) is 0 Å². The zero-order valence-corrected chi connectivity index (χ0v) is 15.4. The number of morpholine rings is 1. The molecule has 0 bridgehead atoms. The summed E-state index contributed by atoms with van der Waals surface area (Å²) in [5.41, 5.74) is 1.10. The first kappa shape index (κ1) is 17.6. The molecule has 1 saturated heterocycles. The third-order valence-corrected chi connectivity index (χ3v) is 4.61. The summed E-state index contributed by atoms with van der Waals surface area (Å²) in [4.78, 5) is 11.5. The molecule has 27 heavy (non-hydrogen) atoms. The fraction of sp³-hybridized carbons (Fsp3) is 0.350. The number of ether oxygens (including phenoxy) is 2. The average molecular weight is 365 g/mol. The van der Waals surface area contributed by atoms with Crippen molar-refractivity contribution in [1.29, 1.82) is 0 Å². The molecular weight excluding hydrogens is 342 g/mol. The molecule has 0 radical (unpaired) electrons. The predicted molar refractivity (Wildman–Crippen MR) is 100 cm³/mol. The Bertz CT molecular complexity index is 847. The van der Waals surface area contributed by atoms with Crippen LogP contribution in [-0.4, -0.2) is 51.0 Å². The summed E-state index contributed by atoms with van der Waals surface area (Å²) >= 11 is 0. The lowest BCUT2D eigenvalue weighted by Crippen LogP contribution is -2.40. The van der Waals surface area contributed by atoms with Gasteiger partial charge in [-0.3, -0.25) is 14.6 Å². The van der Waals surface area contributed by atoms with Crippen molar-refractivity contribution in [3.8, 4) is 5.75 Å². The van der Waals surface area contributed by atoms with Gasteiger partial charge in [0.05, 0.1) is 19.3 Å². The van der Waals surface area contributed by atoms with E-state index < -0.39 is 0 Å². The maximum absolute atomic E-state index is 5.81. The molecular formula is C20H23N5O2. The number of benzene rings is 1. The molecule has 3 heterocycles. The van der Waals surface area contributed by atoms with Crippen LogP contribution in [0.5, 0.6) is 5.75 Å². The van der Waals surface area contributed by atoms with E-state index in [4.69, 9.17) is 14.5 Å². The Morgan fingerprint density at radius 3 is 2.67 bits per heavy atom. The monoisotopic (exact) mass is 365 g/mol. The van der Waals surface area contributed by atoms with Crippen LogP contribution in [0.4, 0.5) is 0 Å². The summed E-state index contributed by atoms with van der Waals surface area (Å²) in [6.45, 7) is 3.47. The van der Waals surface area contributed by atoms with E-state index in [-0.39, 0.29) is 6.04 Å². The molecule has 0 N–H and O–H groups in total. The van der Waals surface area contributed by atoms with Gasteiger partial charge in [0, 0.05) is 32.5 Å². The van der Waals surface area contributed by atoms with Gasteiger partial charge >= 0.3 is 0 Å². The SMILES string of the molecule is Cn1nc(COc2ccccc2)nc1C(c1cccnc1)N1CCOCC1. The second-order valence-electron chi connectivity index (χ2n) is 6.45. The Labute approximate surface area is 158 Å². The minimum absolute atomic E-state index is 0.00873. The second kappa shape index (κ2) is 8.28. The van der Waals surface area contributed by atoms with E-state index in [1.54, 1.807) is 6.20 Å². The number of aromatic nitrogens is 4. The standard InChI is InChI=1S/C20H23N5O2/c1-24-20(22-18(23-24)15-27-17-7-3-2-4-8-17)19(16-6-5-9-21-14-16)25-10-12-26-13-11-25/h2-9,14,19H,10-13,15H2,1H3. The van der Waals surface area contributed by atoms with Crippen LogP contribution in [0.25, 0.3) is 0 Å². The molecule has 0 saturated carbocycles. The summed E-state index contributed by atoms with van der Waals surface area (Å²) < 4.78 is 13.2. The maximum Gasteiger partial charge on any atom is 0.188 e. The van der Waals surface area contributed by atoms with E-state index in [0.29, 0.717) is 12.4 Å². The normalized spacial score (nSPS) is 16.2. The summed E-state index contributed by atoms with van der Waals surface area (Å²) in [6, 6.07) is 13.7. The smallest absolute Gasteiger partial charge is 0.188 e. The zero-order valence-electron chi connectivity index (χ0n) is 15.4. The van der Waals surface area contributed by atoms with Crippen molar-refractivity contribution in [1.82, 2.24) is 24.6 Å². The highest BCUT2D eigenvalue weighted by atomic mass is 16.5. The Morgan fingerprint density at radius 1 is 1.11 bits per heavy atom.